The maximum Gasteiger partial charge on any atom is 0.439 e. The van der Waals surface area contributed by atoms with E-state index in [1.807, 2.05) is 5.32 Å². The van der Waals surface area contributed by atoms with Crippen molar-refractivity contribution in [2.75, 3.05) is 6.54 Å². The molecule has 1 N–H and O–H groups in total. The van der Waals surface area contributed by atoms with Crippen LogP contribution in [0, 0.1) is 5.92 Å². The third-order valence-electron chi connectivity index (χ3n) is 7.29. The van der Waals surface area contributed by atoms with Gasteiger partial charge in [-0.05, 0) is 40.7 Å². The normalized spacial score (nSPS) is 20.9. The van der Waals surface area contributed by atoms with Crippen LogP contribution in [0.5, 0.6) is 0 Å². The molecule has 0 spiro atoms. The first-order chi connectivity index (χ1) is 19.1. The fraction of sp³-hybridized carbons (Fsp3) is 0.565. The molecule has 222 valence electrons. The van der Waals surface area contributed by atoms with Gasteiger partial charge < -0.3 is 10.2 Å². The van der Waals surface area contributed by atoms with Gasteiger partial charge in [-0.3, -0.25) is 4.79 Å². The summed E-state index contributed by atoms with van der Waals surface area (Å²) < 4.78 is 112. The second-order valence-corrected chi connectivity index (χ2v) is 10.1. The molecule has 3 aromatic heterocycles. The molecular formula is C23H21F8N7O3. The molecule has 2 amide bonds. The van der Waals surface area contributed by atoms with Crippen molar-refractivity contribution >= 4 is 17.5 Å². The Hall–Kier alpha value is -3.86. The Kier molecular flexibility index (Phi) is 7.13. The largest absolute Gasteiger partial charge is 0.439 e. The van der Waals surface area contributed by atoms with Gasteiger partial charge in [0.1, 0.15) is 6.04 Å². The lowest BCUT2D eigenvalue weighted by molar-refractivity contribution is -0.150. The highest BCUT2D eigenvalue weighted by atomic mass is 19.4. The zero-order valence-electron chi connectivity index (χ0n) is 20.8. The summed E-state index contributed by atoms with van der Waals surface area (Å²) in [7, 11) is 0. The molecule has 1 aliphatic carbocycles. The minimum absolute atomic E-state index is 0.0227. The van der Waals surface area contributed by atoms with Crippen LogP contribution >= 0.6 is 0 Å². The zero-order valence-corrected chi connectivity index (χ0v) is 20.8. The number of aromatic nitrogens is 5. The molecule has 10 nitrogen and oxygen atoms in total. The molecule has 4 heterocycles. The number of carbonyl (C=O) groups is 2. The predicted molar refractivity (Wildman–Crippen MR) is 120 cm³/mol. The smallest absolute Gasteiger partial charge is 0.324 e. The topological polar surface area (TPSA) is 119 Å². The van der Waals surface area contributed by atoms with E-state index in [9.17, 15) is 44.7 Å². The van der Waals surface area contributed by atoms with Crippen molar-refractivity contribution in [2.45, 2.75) is 68.9 Å². The van der Waals surface area contributed by atoms with E-state index in [1.165, 1.54) is 23.0 Å². The Morgan fingerprint density at radius 2 is 1.85 bits per heavy atom. The highest BCUT2D eigenvalue weighted by molar-refractivity contribution is 5.95. The van der Waals surface area contributed by atoms with Crippen molar-refractivity contribution in [2.24, 2.45) is 5.92 Å². The van der Waals surface area contributed by atoms with Crippen LogP contribution in [0.2, 0.25) is 0 Å². The molecule has 18 heteroatoms. The van der Waals surface area contributed by atoms with E-state index >= 15 is 0 Å². The molecule has 0 bridgehead atoms. The van der Waals surface area contributed by atoms with E-state index in [1.54, 1.807) is 0 Å². The van der Waals surface area contributed by atoms with Crippen LogP contribution in [-0.4, -0.2) is 66.3 Å². The van der Waals surface area contributed by atoms with Crippen molar-refractivity contribution in [3.05, 3.63) is 41.1 Å². The Labute approximate surface area is 225 Å². The Morgan fingerprint density at radius 1 is 1.15 bits per heavy atom. The first kappa shape index (κ1) is 28.7. The molecule has 41 heavy (non-hydrogen) atoms. The lowest BCUT2D eigenvalue weighted by Gasteiger charge is -2.32. The number of hydrogen-bond donors (Lipinski definition) is 1. The monoisotopic (exact) mass is 595 g/mol. The van der Waals surface area contributed by atoms with Gasteiger partial charge >= 0.3 is 18.4 Å². The summed E-state index contributed by atoms with van der Waals surface area (Å²) >= 11 is 0. The predicted octanol–water partition coefficient (Wildman–Crippen LogP) is 4.77. The molecular weight excluding hydrogens is 574 g/mol. The summed E-state index contributed by atoms with van der Waals surface area (Å²) in [5, 5.41) is 11.9. The van der Waals surface area contributed by atoms with Crippen molar-refractivity contribution in [1.82, 2.24) is 35.1 Å². The van der Waals surface area contributed by atoms with Crippen LogP contribution in [0.15, 0.2) is 23.1 Å². The molecule has 2 aliphatic rings. The number of fused-ring (bicyclic) bond motifs is 1. The first-order valence-electron chi connectivity index (χ1n) is 12.4. The SMILES string of the molecule is O=C(C[C@H](c1cn2ncc(CN3C[C@@H](C(F)(F)F)NC3=O)cc2n1)C1CCC(F)(F)CC1)c1nonc1C(F)(F)F. The van der Waals surface area contributed by atoms with Crippen LogP contribution in [0.1, 0.15) is 65.5 Å². The van der Waals surface area contributed by atoms with E-state index in [4.69, 9.17) is 0 Å². The van der Waals surface area contributed by atoms with E-state index in [0.29, 0.717) is 5.56 Å². The van der Waals surface area contributed by atoms with Crippen LogP contribution in [0.3, 0.4) is 0 Å². The second kappa shape index (κ2) is 10.2. The quantitative estimate of drug-likeness (QED) is 0.309. The summed E-state index contributed by atoms with van der Waals surface area (Å²) in [5.74, 6) is -5.40. The fourth-order valence-corrected chi connectivity index (χ4v) is 5.16. The maximum atomic E-state index is 13.9. The van der Waals surface area contributed by atoms with Crippen LogP contribution < -0.4 is 5.32 Å². The van der Waals surface area contributed by atoms with Crippen molar-refractivity contribution in [1.29, 1.82) is 0 Å². The average molecular weight is 595 g/mol. The molecule has 2 atom stereocenters. The second-order valence-electron chi connectivity index (χ2n) is 10.1. The first-order valence-corrected chi connectivity index (χ1v) is 12.4. The number of urea groups is 1. The van der Waals surface area contributed by atoms with Crippen molar-refractivity contribution in [3.63, 3.8) is 0 Å². The van der Waals surface area contributed by atoms with Gasteiger partial charge in [0, 0.05) is 31.7 Å². The summed E-state index contributed by atoms with van der Waals surface area (Å²) in [6.07, 6.45) is -8.50. The van der Waals surface area contributed by atoms with E-state index in [0.717, 1.165) is 4.90 Å². The molecule has 1 saturated heterocycles. The van der Waals surface area contributed by atoms with Gasteiger partial charge in [-0.15, -0.1) is 0 Å². The number of halogens is 8. The summed E-state index contributed by atoms with van der Waals surface area (Å²) in [6, 6.07) is -1.49. The summed E-state index contributed by atoms with van der Waals surface area (Å²) in [6.45, 7) is -0.830. The van der Waals surface area contributed by atoms with Crippen LogP contribution in [0.4, 0.5) is 39.9 Å². The number of hydrogen-bond acceptors (Lipinski definition) is 7. The average Bonchev–Trinajstić information content (AvgIpc) is 3.60. The van der Waals surface area contributed by atoms with E-state index < -0.39 is 85.2 Å². The minimum atomic E-state index is -5.01. The lowest BCUT2D eigenvalue weighted by Crippen LogP contribution is -2.40. The molecule has 1 saturated carbocycles. The fourth-order valence-electron chi connectivity index (χ4n) is 5.16. The third kappa shape index (κ3) is 6.09. The highest BCUT2D eigenvalue weighted by Crippen LogP contribution is 2.44. The number of carbonyl (C=O) groups excluding carboxylic acids is 2. The number of alkyl halides is 8. The molecule has 5 rings (SSSR count). The lowest BCUT2D eigenvalue weighted by atomic mass is 9.75. The van der Waals surface area contributed by atoms with E-state index in [-0.39, 0.29) is 30.7 Å². The molecule has 0 aromatic carbocycles. The summed E-state index contributed by atoms with van der Waals surface area (Å²) in [4.78, 5) is 30.3. The Morgan fingerprint density at radius 3 is 2.49 bits per heavy atom. The van der Waals surface area contributed by atoms with Gasteiger partial charge in [-0.2, -0.15) is 31.4 Å². The molecule has 2 fully saturated rings. The van der Waals surface area contributed by atoms with Gasteiger partial charge in [0.25, 0.3) is 0 Å². The molecule has 0 radical (unpaired) electrons. The van der Waals surface area contributed by atoms with E-state index in [2.05, 4.69) is 25.0 Å². The third-order valence-corrected chi connectivity index (χ3v) is 7.29. The van der Waals surface area contributed by atoms with Crippen LogP contribution in [0.25, 0.3) is 5.65 Å². The van der Waals surface area contributed by atoms with Gasteiger partial charge in [0.15, 0.2) is 17.1 Å². The van der Waals surface area contributed by atoms with Gasteiger partial charge in [-0.1, -0.05) is 0 Å². The van der Waals surface area contributed by atoms with Crippen LogP contribution in [-0.2, 0) is 12.7 Å². The molecule has 3 aromatic rings. The Bertz CT molecular complexity index is 1440. The summed E-state index contributed by atoms with van der Waals surface area (Å²) in [5.41, 5.74) is -1.94. The van der Waals surface area contributed by atoms with Crippen molar-refractivity contribution < 1.29 is 49.3 Å². The molecule has 0 unspecified atom stereocenters. The number of amides is 2. The number of nitrogens with one attached hydrogen (secondary N) is 1. The van der Waals surface area contributed by atoms with Gasteiger partial charge in [-0.25, -0.2) is 27.7 Å². The zero-order chi connectivity index (χ0) is 29.7. The molecule has 1 aliphatic heterocycles. The number of nitrogens with zero attached hydrogens (tertiary/aromatic N) is 6. The maximum absolute atomic E-state index is 13.9. The standard InChI is InChI=1S/C23H21F8N7O3/c24-21(25)3-1-12(2-4-21)13(6-15(39)18-19(23(29,30)31)36-41-35-18)14-9-38-17(33-14)5-11(7-32-38)8-37-10-16(22(26,27)28)34-20(37)40/h5,7,9,12-13,16H,1-4,6,8,10H2,(H,34,40)/t13-,16-/m0/s1. The number of imidazole rings is 1. The van der Waals surface area contributed by atoms with Gasteiger partial charge in [0.2, 0.25) is 11.6 Å². The highest BCUT2D eigenvalue weighted by Gasteiger charge is 2.47. The Balaban J connectivity index is 1.40. The number of rotatable bonds is 7. The number of ketones is 1. The van der Waals surface area contributed by atoms with Gasteiger partial charge in [0.05, 0.1) is 24.6 Å². The minimum Gasteiger partial charge on any atom is -0.324 e. The van der Waals surface area contributed by atoms with Crippen molar-refractivity contribution in [3.8, 4) is 0 Å². The number of Topliss-reactive ketones (excluding diaryl/α,β-unsaturated/α-hetero) is 1.